The Hall–Kier alpha value is -0.0600. The maximum atomic E-state index is 14.1. The Morgan fingerprint density at radius 1 is 0.944 bits per heavy atom. The zero-order valence-electron chi connectivity index (χ0n) is 37.8. The van der Waals surface area contributed by atoms with Crippen molar-refractivity contribution in [3.05, 3.63) is 12.2 Å². The summed E-state index contributed by atoms with van der Waals surface area (Å²) >= 11 is 3.89. The molecule has 0 radical (unpaired) electrons. The van der Waals surface area contributed by atoms with Gasteiger partial charge in [0.05, 0.1) is 18.0 Å². The molecule has 0 N–H and O–H groups in total. The molecule has 0 spiro atoms. The van der Waals surface area contributed by atoms with Gasteiger partial charge in [0.15, 0.2) is 0 Å². The Balaban J connectivity index is 2.49. The summed E-state index contributed by atoms with van der Waals surface area (Å²) in [6.45, 7) is 38.2. The van der Waals surface area contributed by atoms with Crippen LogP contribution in [0, 0.1) is 58.7 Å². The van der Waals surface area contributed by atoms with Gasteiger partial charge in [-0.1, -0.05) is 116 Å². The molecular weight excluding hydrogens is 731 g/mol. The van der Waals surface area contributed by atoms with Crippen LogP contribution in [0.5, 0.6) is 0 Å². The number of hydrogen-bond donors (Lipinski definition) is 0. The van der Waals surface area contributed by atoms with E-state index in [1.807, 2.05) is 30.4 Å². The van der Waals surface area contributed by atoms with Gasteiger partial charge in [-0.3, -0.25) is 8.98 Å². The first-order valence-corrected chi connectivity index (χ1v) is 25.1. The molecule has 6 nitrogen and oxygen atoms in total. The average molecular weight is 816 g/mol. The first-order valence-electron chi connectivity index (χ1n) is 21.6. The van der Waals surface area contributed by atoms with E-state index in [2.05, 4.69) is 123 Å². The van der Waals surface area contributed by atoms with Crippen LogP contribution in [-0.2, 0) is 23.8 Å². The van der Waals surface area contributed by atoms with Crippen molar-refractivity contribution >= 4 is 39.4 Å². The van der Waals surface area contributed by atoms with E-state index in [-0.39, 0.29) is 63.7 Å². The third kappa shape index (κ3) is 14.1. The number of rotatable bonds is 22. The first-order chi connectivity index (χ1) is 24.9. The van der Waals surface area contributed by atoms with Crippen molar-refractivity contribution in [1.82, 2.24) is 4.90 Å². The SMILES string of the molecule is C=C(C)C(C)[C@@H](C[C@H]1CC(C)[C@@H](OS(=O)(=O)CCC)C(C)S1)[C@H](C)[C@@H](O[C@@H]1S[C@H](C)C[C@H](N(C)C)C1C)C(C)(C)C[C@@H](C)C(=O)[C@H](C)C[C@@H](C)[C@H](C)CC. The summed E-state index contributed by atoms with van der Waals surface area (Å²) in [4.78, 5) is 16.4. The van der Waals surface area contributed by atoms with Gasteiger partial charge in [0.2, 0.25) is 0 Å². The number of allylic oxidation sites excluding steroid dienone is 1. The second-order valence-electron chi connectivity index (χ2n) is 19.4. The monoisotopic (exact) mass is 816 g/mol. The Morgan fingerprint density at radius 3 is 2.07 bits per heavy atom. The topological polar surface area (TPSA) is 72.9 Å². The highest BCUT2D eigenvalue weighted by Crippen LogP contribution is 2.49. The van der Waals surface area contributed by atoms with E-state index >= 15 is 0 Å². The van der Waals surface area contributed by atoms with Crippen molar-refractivity contribution in [2.75, 3.05) is 19.8 Å². The molecule has 4 unspecified atom stereocenters. The van der Waals surface area contributed by atoms with E-state index < -0.39 is 10.1 Å². The molecule has 318 valence electrons. The summed E-state index contributed by atoms with van der Waals surface area (Å²) in [5.41, 5.74) is 0.985. The van der Waals surface area contributed by atoms with E-state index in [4.69, 9.17) is 8.92 Å². The van der Waals surface area contributed by atoms with Gasteiger partial charge in [-0.15, -0.1) is 11.8 Å². The molecule has 0 aromatic carbocycles. The number of Topliss-reactive ketones (excluding diaryl/α,β-unsaturated/α-hetero) is 1. The lowest BCUT2D eigenvalue weighted by Gasteiger charge is -2.49. The summed E-state index contributed by atoms with van der Waals surface area (Å²) < 4.78 is 38.8. The summed E-state index contributed by atoms with van der Waals surface area (Å²) in [7, 11) is 0.859. The molecule has 0 saturated carbocycles. The summed E-state index contributed by atoms with van der Waals surface area (Å²) in [6, 6.07) is 0.447. The fourth-order valence-corrected chi connectivity index (χ4v) is 14.5. The van der Waals surface area contributed by atoms with E-state index in [9.17, 15) is 13.2 Å². The van der Waals surface area contributed by atoms with E-state index in [0.29, 0.717) is 52.4 Å². The van der Waals surface area contributed by atoms with Crippen molar-refractivity contribution in [2.45, 2.75) is 188 Å². The molecule has 2 heterocycles. The molecule has 2 aliphatic heterocycles. The molecular formula is C45H85NO5S3. The first kappa shape index (κ1) is 50.1. The maximum absolute atomic E-state index is 14.1. The highest BCUT2D eigenvalue weighted by atomic mass is 32.2. The van der Waals surface area contributed by atoms with E-state index in [1.54, 1.807) is 0 Å². The number of ether oxygens (including phenoxy) is 1. The number of carbonyl (C=O) groups is 1. The predicted octanol–water partition coefficient (Wildman–Crippen LogP) is 11.6. The van der Waals surface area contributed by atoms with Crippen LogP contribution < -0.4 is 0 Å². The van der Waals surface area contributed by atoms with Gasteiger partial charge in [-0.2, -0.15) is 20.2 Å². The minimum absolute atomic E-state index is 0.0421. The summed E-state index contributed by atoms with van der Waals surface area (Å²) in [6.07, 6.45) is 6.12. The number of hydrogen-bond acceptors (Lipinski definition) is 8. The van der Waals surface area contributed by atoms with E-state index in [1.165, 1.54) is 5.57 Å². The summed E-state index contributed by atoms with van der Waals surface area (Å²) in [5, 5.41) is 0.942. The van der Waals surface area contributed by atoms with Crippen LogP contribution in [0.1, 0.15) is 149 Å². The van der Waals surface area contributed by atoms with Crippen molar-refractivity contribution < 1.29 is 22.1 Å². The van der Waals surface area contributed by atoms with Crippen LogP contribution in [0.4, 0.5) is 0 Å². The standard InChI is InChI=1S/C45H85NO5S3/c1-19-21-54(48,49)51-42-31(8)23-38(53-37(42)14)25-39(34(11)27(3)4)35(12)43(50-44-36(13)40(46(17)18)24-33(10)52-44)45(15,16)26-32(9)41(47)30(7)22-29(6)28(5)20-2/h28-40,42-44H,3,19-26H2,1-2,4-18H3/t28-,29-,30-,31?,32-,33-,34?,35+,36?,37?,38-,39-,40+,42-,43-,44-/m1/s1. The molecule has 54 heavy (non-hydrogen) atoms. The minimum Gasteiger partial charge on any atom is -0.363 e. The van der Waals surface area contributed by atoms with Crippen molar-refractivity contribution in [3.63, 3.8) is 0 Å². The molecule has 0 aliphatic carbocycles. The molecule has 2 rings (SSSR count). The molecule has 2 aliphatic rings. The number of nitrogens with zero attached hydrogens (tertiary/aromatic N) is 1. The Kier molecular flexibility index (Phi) is 20.2. The lowest BCUT2D eigenvalue weighted by molar-refractivity contribution is -0.133. The quantitative estimate of drug-likeness (QED) is 0.0790. The zero-order chi connectivity index (χ0) is 41.5. The molecule has 0 aromatic heterocycles. The number of carbonyl (C=O) groups excluding carboxylic acids is 1. The average Bonchev–Trinajstić information content (AvgIpc) is 3.06. The van der Waals surface area contributed by atoms with Crippen LogP contribution in [0.15, 0.2) is 12.2 Å². The highest BCUT2D eigenvalue weighted by Gasteiger charge is 2.47. The largest absolute Gasteiger partial charge is 0.363 e. The molecule has 16 atom stereocenters. The van der Waals surface area contributed by atoms with E-state index in [0.717, 1.165) is 38.5 Å². The fraction of sp³-hybridized carbons (Fsp3) is 0.933. The van der Waals surface area contributed by atoms with Crippen LogP contribution in [0.25, 0.3) is 0 Å². The maximum Gasteiger partial charge on any atom is 0.267 e. The number of ketones is 1. The normalized spacial score (nSPS) is 31.6. The molecule has 2 saturated heterocycles. The molecule has 0 bridgehead atoms. The summed E-state index contributed by atoms with van der Waals surface area (Å²) in [5.74, 6) is 2.85. The van der Waals surface area contributed by atoms with Crippen LogP contribution >= 0.6 is 23.5 Å². The van der Waals surface area contributed by atoms with Gasteiger partial charge in [0.25, 0.3) is 10.1 Å². The van der Waals surface area contributed by atoms with Gasteiger partial charge < -0.3 is 9.64 Å². The molecule has 9 heteroatoms. The lowest BCUT2D eigenvalue weighted by atomic mass is 9.66. The second kappa shape index (κ2) is 21.8. The predicted molar refractivity (Wildman–Crippen MR) is 237 cm³/mol. The Morgan fingerprint density at radius 2 is 1.56 bits per heavy atom. The van der Waals surface area contributed by atoms with Gasteiger partial charge in [-0.05, 0) is 100 Å². The smallest absolute Gasteiger partial charge is 0.267 e. The van der Waals surface area contributed by atoms with Crippen molar-refractivity contribution in [3.8, 4) is 0 Å². The Bertz CT molecular complexity index is 1260. The van der Waals surface area contributed by atoms with Gasteiger partial charge in [0.1, 0.15) is 11.2 Å². The molecule has 0 amide bonds. The minimum atomic E-state index is -3.54. The van der Waals surface area contributed by atoms with Crippen LogP contribution in [0.3, 0.4) is 0 Å². The van der Waals surface area contributed by atoms with Gasteiger partial charge in [-0.25, -0.2) is 0 Å². The fourth-order valence-electron chi connectivity index (χ4n) is 9.95. The molecule has 2 fully saturated rings. The van der Waals surface area contributed by atoms with Crippen molar-refractivity contribution in [2.24, 2.45) is 58.7 Å². The zero-order valence-corrected chi connectivity index (χ0v) is 40.3. The van der Waals surface area contributed by atoms with Crippen molar-refractivity contribution in [1.29, 1.82) is 0 Å². The lowest BCUT2D eigenvalue weighted by Crippen LogP contribution is -2.50. The number of thioether (sulfide) groups is 2. The third-order valence-corrected chi connectivity index (χ3v) is 18.1. The van der Waals surface area contributed by atoms with Gasteiger partial charge >= 0.3 is 0 Å². The Labute approximate surface area is 343 Å². The molecule has 0 aromatic rings. The van der Waals surface area contributed by atoms with Crippen LogP contribution in [0.2, 0.25) is 0 Å². The second-order valence-corrected chi connectivity index (χ2v) is 24.3. The van der Waals surface area contributed by atoms with Crippen LogP contribution in [-0.4, -0.2) is 78.4 Å². The highest BCUT2D eigenvalue weighted by molar-refractivity contribution is 8.00. The van der Waals surface area contributed by atoms with Gasteiger partial charge in [0, 0.05) is 39.5 Å². The third-order valence-electron chi connectivity index (χ3n) is 13.7.